The molecule has 1 saturated heterocycles. The van der Waals surface area contributed by atoms with Crippen LogP contribution in [-0.4, -0.2) is 51.9 Å². The van der Waals surface area contributed by atoms with Gasteiger partial charge in [-0.25, -0.2) is 8.42 Å². The molecule has 0 aromatic carbocycles. The van der Waals surface area contributed by atoms with Gasteiger partial charge < -0.3 is 14.8 Å². The third-order valence-electron chi connectivity index (χ3n) is 2.98. The van der Waals surface area contributed by atoms with Crippen molar-refractivity contribution in [3.63, 3.8) is 0 Å². The molecule has 0 unspecified atom stereocenters. The molecule has 1 N–H and O–H groups in total. The Kier molecular flexibility index (Phi) is 3.71. The number of carboxylic acids is 1. The molecule has 2 rings (SSSR count). The average molecular weight is 290 g/mol. The second kappa shape index (κ2) is 4.96. The number of nitrogens with zero attached hydrogens (tertiary/aromatic N) is 1. The van der Waals surface area contributed by atoms with Crippen LogP contribution in [0.2, 0.25) is 0 Å². The molecule has 1 aliphatic heterocycles. The molecule has 0 bridgehead atoms. The Morgan fingerprint density at radius 2 is 2.06 bits per heavy atom. The first-order valence-electron chi connectivity index (χ1n) is 5.52. The van der Waals surface area contributed by atoms with Crippen molar-refractivity contribution in [1.29, 1.82) is 0 Å². The number of carbonyl (C=O) groups excluding carboxylic acids is 1. The molecule has 0 aliphatic carbocycles. The van der Waals surface area contributed by atoms with Crippen molar-refractivity contribution in [3.8, 4) is 0 Å². The van der Waals surface area contributed by atoms with E-state index in [1.54, 1.807) is 0 Å². The quantitative estimate of drug-likeness (QED) is 0.675. The zero-order valence-electron chi connectivity index (χ0n) is 9.88. The van der Waals surface area contributed by atoms with Crippen LogP contribution in [0.4, 0.5) is 0 Å². The third-order valence-corrected chi connectivity index (χ3v) is 6.30. The van der Waals surface area contributed by atoms with Gasteiger partial charge in [0.25, 0.3) is 10.0 Å². The third kappa shape index (κ3) is 2.56. The fourth-order valence-electron chi connectivity index (χ4n) is 1.79. The van der Waals surface area contributed by atoms with Gasteiger partial charge in [-0.1, -0.05) is 0 Å². The summed E-state index contributed by atoms with van der Waals surface area (Å²) in [6.45, 7) is 2.45. The molecule has 0 radical (unpaired) electrons. The summed E-state index contributed by atoms with van der Waals surface area (Å²) in [6, 6.07) is 1.17. The average Bonchev–Trinajstić information content (AvgIpc) is 2.79. The summed E-state index contributed by atoms with van der Waals surface area (Å²) < 4.78 is 26.0. The fraction of sp³-hybridized carbons (Fsp3) is 0.500. The van der Waals surface area contributed by atoms with Crippen LogP contribution in [0.5, 0.6) is 0 Å². The number of carbonyl (C=O) groups is 1. The summed E-state index contributed by atoms with van der Waals surface area (Å²) in [5, 5.41) is 11.9. The molecular weight excluding hydrogens is 276 g/mol. The number of likely N-dealkylation sites (N-methyl/N-ethyl adjacent to an activating group) is 1. The Labute approximate surface area is 109 Å². The molecule has 1 aliphatic rings. The van der Waals surface area contributed by atoms with Crippen molar-refractivity contribution in [2.75, 3.05) is 33.2 Å². The zero-order chi connectivity index (χ0) is 13.3. The molecule has 0 amide bonds. The van der Waals surface area contributed by atoms with Crippen LogP contribution < -0.4 is 10.0 Å². The van der Waals surface area contributed by atoms with E-state index >= 15 is 0 Å². The van der Waals surface area contributed by atoms with Crippen LogP contribution in [-0.2, 0) is 10.0 Å². The summed E-state index contributed by atoms with van der Waals surface area (Å²) in [5.74, 6) is -1.35. The van der Waals surface area contributed by atoms with Gasteiger partial charge in [0.05, 0.1) is 39.2 Å². The maximum absolute atomic E-state index is 12.2. The largest absolute Gasteiger partial charge is 0.545 e. The number of carboxylic acid groups (broad SMARTS) is 1. The maximum Gasteiger partial charge on any atom is 0.252 e. The lowest BCUT2D eigenvalue weighted by Gasteiger charge is -2.28. The highest BCUT2D eigenvalue weighted by Gasteiger charge is 2.30. The standard InChI is InChI=1S/C10H14N2O4S2/c1-11-2-4-12(5-3-11)18(15,16)9-6-8(7-17-9)10(13)14/h6-7H,2-5H2,1H3,(H,13,14). The van der Waals surface area contributed by atoms with Gasteiger partial charge >= 0.3 is 0 Å². The molecular formula is C10H14N2O4S2. The van der Waals surface area contributed by atoms with Crippen molar-refractivity contribution in [1.82, 2.24) is 4.31 Å². The van der Waals surface area contributed by atoms with Crippen molar-refractivity contribution < 1.29 is 23.2 Å². The first-order valence-corrected chi connectivity index (χ1v) is 7.84. The summed E-state index contributed by atoms with van der Waals surface area (Å²) in [4.78, 5) is 11.9. The molecule has 0 spiro atoms. The highest BCUT2D eigenvalue weighted by molar-refractivity contribution is 7.91. The predicted octanol–water partition coefficient (Wildman–Crippen LogP) is -2.37. The number of nitrogens with one attached hydrogen (secondary N) is 1. The summed E-state index contributed by atoms with van der Waals surface area (Å²) in [5.41, 5.74) is -0.0849. The lowest BCUT2D eigenvalue weighted by Crippen LogP contribution is -3.12. The van der Waals surface area contributed by atoms with E-state index in [4.69, 9.17) is 0 Å². The number of piperazine rings is 1. The van der Waals surface area contributed by atoms with Crippen molar-refractivity contribution >= 4 is 27.3 Å². The summed E-state index contributed by atoms with van der Waals surface area (Å²) in [6.07, 6.45) is 0. The summed E-state index contributed by atoms with van der Waals surface area (Å²) >= 11 is 0.922. The van der Waals surface area contributed by atoms with Gasteiger partial charge in [0.15, 0.2) is 0 Å². The van der Waals surface area contributed by atoms with Gasteiger partial charge in [-0.15, -0.1) is 11.3 Å². The molecule has 6 nitrogen and oxygen atoms in total. The molecule has 1 aromatic heterocycles. The van der Waals surface area contributed by atoms with E-state index < -0.39 is 16.0 Å². The Bertz CT molecular complexity index is 544. The maximum atomic E-state index is 12.2. The highest BCUT2D eigenvalue weighted by Crippen LogP contribution is 2.23. The van der Waals surface area contributed by atoms with Crippen molar-refractivity contribution in [2.24, 2.45) is 0 Å². The summed E-state index contributed by atoms with van der Waals surface area (Å²) in [7, 11) is -1.53. The monoisotopic (exact) mass is 290 g/mol. The van der Waals surface area contributed by atoms with E-state index in [2.05, 4.69) is 0 Å². The minimum absolute atomic E-state index is 0.0706. The van der Waals surface area contributed by atoms with E-state index in [0.29, 0.717) is 13.1 Å². The Morgan fingerprint density at radius 1 is 1.44 bits per heavy atom. The number of hydrogen-bond donors (Lipinski definition) is 1. The van der Waals surface area contributed by atoms with Crippen LogP contribution in [0, 0.1) is 0 Å². The Balaban J connectivity index is 2.22. The molecule has 1 fully saturated rings. The normalized spacial score (nSPS) is 18.9. The van der Waals surface area contributed by atoms with Gasteiger partial charge in [-0.05, 0) is 6.07 Å². The van der Waals surface area contributed by atoms with Crippen LogP contribution in [0.1, 0.15) is 10.4 Å². The van der Waals surface area contributed by atoms with Crippen LogP contribution >= 0.6 is 11.3 Å². The SMILES string of the molecule is C[NH+]1CCN(S(=O)(=O)c2cc(C(=O)[O-])cs2)CC1. The van der Waals surface area contributed by atoms with E-state index in [0.717, 1.165) is 24.4 Å². The number of quaternary nitrogens is 1. The van der Waals surface area contributed by atoms with E-state index in [1.165, 1.54) is 20.7 Å². The topological polar surface area (TPSA) is 82.0 Å². The Hall–Kier alpha value is -0.960. The number of sulfonamides is 1. The van der Waals surface area contributed by atoms with E-state index in [-0.39, 0.29) is 9.77 Å². The smallest absolute Gasteiger partial charge is 0.252 e. The van der Waals surface area contributed by atoms with Gasteiger partial charge in [0.1, 0.15) is 4.21 Å². The lowest BCUT2D eigenvalue weighted by molar-refractivity contribution is -0.883. The van der Waals surface area contributed by atoms with Crippen LogP contribution in [0.15, 0.2) is 15.7 Å². The van der Waals surface area contributed by atoms with Gasteiger partial charge in [-0.2, -0.15) is 4.31 Å². The number of thiophene rings is 1. The van der Waals surface area contributed by atoms with Crippen LogP contribution in [0.3, 0.4) is 0 Å². The van der Waals surface area contributed by atoms with Crippen molar-refractivity contribution in [2.45, 2.75) is 4.21 Å². The van der Waals surface area contributed by atoms with E-state index in [9.17, 15) is 18.3 Å². The second-order valence-electron chi connectivity index (χ2n) is 4.30. The zero-order valence-corrected chi connectivity index (χ0v) is 11.5. The van der Waals surface area contributed by atoms with Crippen molar-refractivity contribution in [3.05, 3.63) is 17.0 Å². The van der Waals surface area contributed by atoms with Gasteiger partial charge in [0, 0.05) is 10.9 Å². The molecule has 0 saturated carbocycles. The first-order chi connectivity index (χ1) is 8.41. The second-order valence-corrected chi connectivity index (χ2v) is 7.38. The number of hydrogen-bond acceptors (Lipinski definition) is 5. The fourth-order valence-corrected chi connectivity index (χ4v) is 4.54. The molecule has 100 valence electrons. The van der Waals surface area contributed by atoms with E-state index in [1.807, 2.05) is 7.05 Å². The molecule has 2 heterocycles. The number of rotatable bonds is 3. The highest BCUT2D eigenvalue weighted by atomic mass is 32.2. The molecule has 1 aromatic rings. The minimum Gasteiger partial charge on any atom is -0.545 e. The van der Waals surface area contributed by atoms with Crippen LogP contribution in [0.25, 0.3) is 0 Å². The van der Waals surface area contributed by atoms with Gasteiger partial charge in [0.2, 0.25) is 0 Å². The predicted molar refractivity (Wildman–Crippen MR) is 64.0 cm³/mol. The number of aromatic carboxylic acids is 1. The Morgan fingerprint density at radius 3 is 2.56 bits per heavy atom. The lowest BCUT2D eigenvalue weighted by atomic mass is 10.4. The molecule has 0 atom stereocenters. The van der Waals surface area contributed by atoms with Gasteiger partial charge in [-0.3, -0.25) is 0 Å². The molecule has 8 heteroatoms. The minimum atomic E-state index is -3.55. The first kappa shape index (κ1) is 13.5. The molecule has 18 heavy (non-hydrogen) atoms.